The summed E-state index contributed by atoms with van der Waals surface area (Å²) in [6.45, 7) is 0. The first-order chi connectivity index (χ1) is 12.8. The monoisotopic (exact) mass is 353 g/mol. The zero-order chi connectivity index (χ0) is 17.8. The van der Waals surface area contributed by atoms with Crippen molar-refractivity contribution in [1.82, 2.24) is 0 Å². The Balaban J connectivity index is 1.53. The van der Waals surface area contributed by atoms with E-state index in [1.54, 1.807) is 0 Å². The Kier molecular flexibility index (Phi) is 4.91. The van der Waals surface area contributed by atoms with Gasteiger partial charge in [0.25, 0.3) is 0 Å². The number of nitrogens with zero attached hydrogens (tertiary/aromatic N) is 1. The molecule has 0 bridgehead atoms. The third kappa shape index (κ3) is 3.45. The van der Waals surface area contributed by atoms with E-state index in [1.807, 2.05) is 23.9 Å². The summed E-state index contributed by atoms with van der Waals surface area (Å²) in [4.78, 5) is 0. The summed E-state index contributed by atoms with van der Waals surface area (Å²) in [5, 5.41) is 14.3. The van der Waals surface area contributed by atoms with Crippen molar-refractivity contribution >= 4 is 33.3 Å². The molecule has 0 spiro atoms. The van der Waals surface area contributed by atoms with Crippen LogP contribution < -0.4 is 0 Å². The number of hydrogen-bond acceptors (Lipinski definition) is 2. The maximum Gasteiger partial charge on any atom is 0.0991 e. The van der Waals surface area contributed by atoms with Crippen LogP contribution in [0.5, 0.6) is 0 Å². The van der Waals surface area contributed by atoms with E-state index in [2.05, 4.69) is 72.8 Å². The minimum Gasteiger partial charge on any atom is -0.192 e. The molecule has 4 aromatic carbocycles. The smallest absolute Gasteiger partial charge is 0.0991 e. The van der Waals surface area contributed by atoms with E-state index < -0.39 is 0 Å². The van der Waals surface area contributed by atoms with Crippen LogP contribution in [-0.4, -0.2) is 5.75 Å². The topological polar surface area (TPSA) is 23.8 Å². The first-order valence-electron chi connectivity index (χ1n) is 8.81. The molecule has 2 heteroatoms. The van der Waals surface area contributed by atoms with E-state index in [-0.39, 0.29) is 0 Å². The van der Waals surface area contributed by atoms with Gasteiger partial charge in [0.1, 0.15) is 0 Å². The van der Waals surface area contributed by atoms with Crippen molar-refractivity contribution in [2.45, 2.75) is 12.2 Å². The first kappa shape index (κ1) is 16.7. The summed E-state index contributed by atoms with van der Waals surface area (Å²) in [5.74, 6) is 2.06. The maximum absolute atomic E-state index is 8.89. The third-order valence-corrected chi connectivity index (χ3v) is 5.76. The number of benzene rings is 4. The number of hydrogen-bond donors (Lipinski definition) is 0. The fraction of sp³-hybridized carbons (Fsp3) is 0.125. The average Bonchev–Trinajstić information content (AvgIpc) is 2.71. The van der Waals surface area contributed by atoms with Crippen LogP contribution in [0.25, 0.3) is 21.5 Å². The predicted octanol–water partition coefficient (Wildman–Crippen LogP) is 6.34. The molecular weight excluding hydrogens is 334 g/mol. The van der Waals surface area contributed by atoms with E-state index in [9.17, 15) is 0 Å². The quantitative estimate of drug-likeness (QED) is 0.309. The molecule has 0 atom stereocenters. The first-order valence-corrected chi connectivity index (χ1v) is 9.97. The van der Waals surface area contributed by atoms with Gasteiger partial charge in [-0.25, -0.2) is 0 Å². The van der Waals surface area contributed by atoms with Crippen LogP contribution in [0, 0.1) is 11.3 Å². The minimum absolute atomic E-state index is 0.723. The van der Waals surface area contributed by atoms with Gasteiger partial charge in [-0.3, -0.25) is 0 Å². The van der Waals surface area contributed by atoms with E-state index in [0.717, 1.165) is 23.5 Å². The van der Waals surface area contributed by atoms with Crippen LogP contribution >= 0.6 is 11.8 Å². The Morgan fingerprint density at radius 1 is 0.769 bits per heavy atom. The lowest BCUT2D eigenvalue weighted by atomic mass is 9.95. The van der Waals surface area contributed by atoms with Gasteiger partial charge in [0.15, 0.2) is 0 Å². The molecule has 0 aromatic heterocycles. The highest BCUT2D eigenvalue weighted by atomic mass is 32.2. The molecular formula is C24H19NS. The van der Waals surface area contributed by atoms with Crippen molar-refractivity contribution < 1.29 is 0 Å². The summed E-state index contributed by atoms with van der Waals surface area (Å²) >= 11 is 1.95. The van der Waals surface area contributed by atoms with Crippen LogP contribution in [0.2, 0.25) is 0 Å². The minimum atomic E-state index is 0.723. The van der Waals surface area contributed by atoms with E-state index in [1.165, 1.54) is 32.7 Å². The van der Waals surface area contributed by atoms with E-state index in [4.69, 9.17) is 5.26 Å². The fourth-order valence-corrected chi connectivity index (χ4v) is 4.34. The Hall–Kier alpha value is -2.76. The molecule has 0 saturated carbocycles. The molecule has 4 aromatic rings. The van der Waals surface area contributed by atoms with Gasteiger partial charge in [0, 0.05) is 5.75 Å². The maximum atomic E-state index is 8.89. The second-order valence-electron chi connectivity index (χ2n) is 6.41. The normalized spacial score (nSPS) is 10.9. The Labute approximate surface area is 158 Å². The van der Waals surface area contributed by atoms with Gasteiger partial charge in [-0.2, -0.15) is 17.0 Å². The third-order valence-electron chi connectivity index (χ3n) is 4.73. The second-order valence-corrected chi connectivity index (χ2v) is 7.51. The lowest BCUT2D eigenvalue weighted by Gasteiger charge is -2.11. The van der Waals surface area contributed by atoms with Crippen LogP contribution in [0.15, 0.2) is 78.9 Å². The Morgan fingerprint density at radius 3 is 2.00 bits per heavy atom. The molecule has 0 amide bonds. The van der Waals surface area contributed by atoms with Crippen LogP contribution in [-0.2, 0) is 12.2 Å². The highest BCUT2D eigenvalue weighted by Gasteiger charge is 2.07. The molecule has 4 rings (SSSR count). The lowest BCUT2D eigenvalue weighted by Crippen LogP contribution is -1.94. The molecule has 0 saturated heterocycles. The average molecular weight is 353 g/mol. The standard InChI is InChI=1S/C24H19NS/c25-16-18-9-11-19(12-10-18)17-26-14-13-24-22-7-3-1-5-20(22)15-21-6-2-4-8-23(21)24/h1-12,15H,13-14,17H2. The van der Waals surface area contributed by atoms with Gasteiger partial charge in [-0.05, 0) is 63.0 Å². The summed E-state index contributed by atoms with van der Waals surface area (Å²) in [7, 11) is 0. The number of nitriles is 1. The summed E-state index contributed by atoms with van der Waals surface area (Å²) in [6.07, 6.45) is 1.06. The zero-order valence-corrected chi connectivity index (χ0v) is 15.3. The fourth-order valence-electron chi connectivity index (χ4n) is 3.42. The SMILES string of the molecule is N#Cc1ccc(CSCCc2c3ccccc3cc3ccccc23)cc1. The molecule has 0 aliphatic carbocycles. The number of aryl methyl sites for hydroxylation is 1. The van der Waals surface area contributed by atoms with Crippen molar-refractivity contribution in [3.63, 3.8) is 0 Å². The van der Waals surface area contributed by atoms with Gasteiger partial charge >= 0.3 is 0 Å². The Morgan fingerprint density at radius 2 is 1.38 bits per heavy atom. The summed E-state index contributed by atoms with van der Waals surface area (Å²) in [6, 6.07) is 29.7. The van der Waals surface area contributed by atoms with Crippen molar-refractivity contribution in [3.8, 4) is 6.07 Å². The molecule has 0 N–H and O–H groups in total. The van der Waals surface area contributed by atoms with E-state index >= 15 is 0 Å². The van der Waals surface area contributed by atoms with Gasteiger partial charge in [0.05, 0.1) is 11.6 Å². The van der Waals surface area contributed by atoms with Gasteiger partial charge < -0.3 is 0 Å². The molecule has 0 radical (unpaired) electrons. The summed E-state index contributed by atoms with van der Waals surface area (Å²) in [5.41, 5.74) is 3.45. The highest BCUT2D eigenvalue weighted by molar-refractivity contribution is 7.98. The molecule has 0 heterocycles. The van der Waals surface area contributed by atoms with E-state index in [0.29, 0.717) is 0 Å². The predicted molar refractivity (Wildman–Crippen MR) is 112 cm³/mol. The molecule has 1 nitrogen and oxygen atoms in total. The summed E-state index contributed by atoms with van der Waals surface area (Å²) < 4.78 is 0. The van der Waals surface area contributed by atoms with Crippen LogP contribution in [0.4, 0.5) is 0 Å². The number of thioether (sulfide) groups is 1. The van der Waals surface area contributed by atoms with Gasteiger partial charge in [-0.15, -0.1) is 0 Å². The second kappa shape index (κ2) is 7.64. The number of rotatable bonds is 5. The zero-order valence-electron chi connectivity index (χ0n) is 14.5. The van der Waals surface area contributed by atoms with Crippen molar-refractivity contribution in [2.75, 3.05) is 5.75 Å². The van der Waals surface area contributed by atoms with Gasteiger partial charge in [0.2, 0.25) is 0 Å². The van der Waals surface area contributed by atoms with Crippen molar-refractivity contribution in [3.05, 3.63) is 95.6 Å². The van der Waals surface area contributed by atoms with Crippen LogP contribution in [0.1, 0.15) is 16.7 Å². The lowest BCUT2D eigenvalue weighted by molar-refractivity contribution is 1.19. The molecule has 26 heavy (non-hydrogen) atoms. The highest BCUT2D eigenvalue weighted by Crippen LogP contribution is 2.29. The number of fused-ring (bicyclic) bond motifs is 2. The molecule has 0 unspecified atom stereocenters. The van der Waals surface area contributed by atoms with Crippen molar-refractivity contribution in [1.29, 1.82) is 5.26 Å². The molecule has 126 valence electrons. The largest absolute Gasteiger partial charge is 0.192 e. The molecule has 0 fully saturated rings. The molecule has 0 aliphatic rings. The molecule has 0 aliphatic heterocycles. The van der Waals surface area contributed by atoms with Gasteiger partial charge in [-0.1, -0.05) is 60.7 Å². The van der Waals surface area contributed by atoms with Crippen LogP contribution in [0.3, 0.4) is 0 Å². The van der Waals surface area contributed by atoms with Crippen molar-refractivity contribution in [2.24, 2.45) is 0 Å². The Bertz CT molecular complexity index is 1040.